The van der Waals surface area contributed by atoms with Gasteiger partial charge < -0.3 is 42.3 Å². The molecule has 630 valence electrons. The Morgan fingerprint density at radius 1 is 0.452 bits per heavy atom. The van der Waals surface area contributed by atoms with E-state index in [9.17, 15) is 5.11 Å². The summed E-state index contributed by atoms with van der Waals surface area (Å²) in [4.78, 5) is 45.5. The Bertz CT molecular complexity index is 6910. The molecule has 2 aliphatic heterocycles. The molecule has 2 aliphatic rings. The number of nitrogens with zero attached hydrogens (tertiary/aromatic N) is 27. The minimum atomic E-state index is 0.224. The summed E-state index contributed by atoms with van der Waals surface area (Å²) in [5, 5.41) is 56.2. The Balaban J connectivity index is 0.000000110. The van der Waals surface area contributed by atoms with E-state index < -0.39 is 0 Å². The number of aromatic hydroxyl groups is 1. The summed E-state index contributed by atoms with van der Waals surface area (Å²) in [7, 11) is 9.52. The van der Waals surface area contributed by atoms with Gasteiger partial charge in [-0.15, -0.1) is 0 Å². The highest BCUT2D eigenvalue weighted by Gasteiger charge is 2.25. The van der Waals surface area contributed by atoms with Gasteiger partial charge in [0.2, 0.25) is 0 Å². The molecule has 8 N–H and O–H groups in total. The lowest BCUT2D eigenvalue weighted by atomic mass is 9.95. The average Bonchev–Trinajstić information content (AvgIpc) is 1.67. The smallest absolute Gasteiger partial charge is 0.180 e. The number of anilines is 9. The fourth-order valence-electron chi connectivity index (χ4n) is 14.7. The molecule has 19 aromatic rings. The van der Waals surface area contributed by atoms with E-state index in [0.717, 1.165) is 198 Å². The van der Waals surface area contributed by atoms with E-state index in [4.69, 9.17) is 4.98 Å². The van der Waals surface area contributed by atoms with Gasteiger partial charge in [-0.3, -0.25) is 45.4 Å². The number of benzene rings is 2. The van der Waals surface area contributed by atoms with Gasteiger partial charge in [-0.25, -0.2) is 49.8 Å². The minimum Gasteiger partial charge on any atom is -0.508 e. The van der Waals surface area contributed by atoms with E-state index in [-0.39, 0.29) is 5.75 Å². The fourth-order valence-corrected chi connectivity index (χ4v) is 16.2. The van der Waals surface area contributed by atoms with Gasteiger partial charge >= 0.3 is 0 Å². The van der Waals surface area contributed by atoms with E-state index >= 15 is 0 Å². The third-order valence-corrected chi connectivity index (χ3v) is 22.6. The first-order chi connectivity index (χ1) is 60.3. The molecule has 1 saturated heterocycles. The summed E-state index contributed by atoms with van der Waals surface area (Å²) in [6.07, 6.45) is 50.6. The molecule has 0 unspecified atom stereocenters. The Morgan fingerprint density at radius 3 is 1.29 bits per heavy atom. The predicted molar refractivity (Wildman–Crippen MR) is 485 cm³/mol. The molecule has 0 amide bonds. The first-order valence-electron chi connectivity index (χ1n) is 40.7. The molecule has 0 saturated carbocycles. The second-order valence-electron chi connectivity index (χ2n) is 30.9. The molecule has 17 aromatic heterocycles. The van der Waals surface area contributed by atoms with Crippen molar-refractivity contribution in [2.45, 2.75) is 72.6 Å². The van der Waals surface area contributed by atoms with Crippen molar-refractivity contribution < 1.29 is 5.11 Å². The lowest BCUT2D eigenvalue weighted by molar-refractivity contribution is 0.452. The van der Waals surface area contributed by atoms with Gasteiger partial charge in [0.15, 0.2) is 57.3 Å². The van der Waals surface area contributed by atoms with Crippen molar-refractivity contribution in [2.75, 3.05) is 59.3 Å². The molecular formula is C87H94N34OS2. The minimum absolute atomic E-state index is 0.224. The number of rotatable bonds is 19. The van der Waals surface area contributed by atoms with Crippen LogP contribution in [0.1, 0.15) is 87.0 Å². The zero-order valence-electron chi connectivity index (χ0n) is 70.4. The third kappa shape index (κ3) is 18.2. The van der Waals surface area contributed by atoms with E-state index in [0.29, 0.717) is 23.6 Å². The number of aryl methyl sites for hydroxylation is 7. The second kappa shape index (κ2) is 36.3. The molecule has 35 nitrogen and oxygen atoms in total. The lowest BCUT2D eigenvalue weighted by Crippen LogP contribution is -2.27. The number of fused-ring (bicyclic) bond motifs is 5. The Kier molecular flexibility index (Phi) is 23.9. The molecular weight excluding hydrogens is 1600 g/mol. The van der Waals surface area contributed by atoms with Crippen molar-refractivity contribution in [3.63, 3.8) is 0 Å². The molecule has 124 heavy (non-hydrogen) atoms. The van der Waals surface area contributed by atoms with Gasteiger partial charge in [-0.05, 0) is 141 Å². The highest BCUT2D eigenvalue weighted by molar-refractivity contribution is 7.10. The predicted octanol–water partition coefficient (Wildman–Crippen LogP) is 14.9. The Labute approximate surface area is 721 Å². The lowest BCUT2D eigenvalue weighted by Gasteiger charge is -2.23. The first-order valence-corrected chi connectivity index (χ1v) is 42.2. The van der Waals surface area contributed by atoms with Gasteiger partial charge in [0, 0.05) is 186 Å². The highest BCUT2D eigenvalue weighted by Crippen LogP contribution is 2.38. The van der Waals surface area contributed by atoms with Crippen LogP contribution >= 0.6 is 23.1 Å². The maximum Gasteiger partial charge on any atom is 0.180 e. The summed E-state index contributed by atoms with van der Waals surface area (Å²) < 4.78 is 28.0. The highest BCUT2D eigenvalue weighted by atomic mass is 32.1. The van der Waals surface area contributed by atoms with Crippen molar-refractivity contribution in [1.82, 2.24) is 140 Å². The zero-order chi connectivity index (χ0) is 85.5. The van der Waals surface area contributed by atoms with E-state index in [1.807, 2.05) is 176 Å². The van der Waals surface area contributed by atoms with Crippen LogP contribution in [0, 0.1) is 19.8 Å². The molecule has 0 radical (unpaired) electrons. The molecule has 37 heteroatoms. The van der Waals surface area contributed by atoms with Crippen molar-refractivity contribution in [1.29, 1.82) is 0 Å². The summed E-state index contributed by atoms with van der Waals surface area (Å²) in [6, 6.07) is 17.3. The number of nitrogens with one attached hydrogen (secondary N) is 7. The molecule has 1 fully saturated rings. The summed E-state index contributed by atoms with van der Waals surface area (Å²) in [5.41, 5.74) is 22.8. The van der Waals surface area contributed by atoms with Crippen LogP contribution in [0.25, 0.3) is 90.1 Å². The van der Waals surface area contributed by atoms with E-state index in [1.54, 1.807) is 80.2 Å². The van der Waals surface area contributed by atoms with Crippen LogP contribution in [-0.4, -0.2) is 167 Å². The number of hydrogen-bond acceptors (Lipinski definition) is 27. The van der Waals surface area contributed by atoms with Crippen LogP contribution in [0.4, 0.5) is 50.5 Å². The van der Waals surface area contributed by atoms with Crippen molar-refractivity contribution in [3.8, 4) is 62.0 Å². The maximum absolute atomic E-state index is 9.36. The van der Waals surface area contributed by atoms with Crippen LogP contribution in [-0.2, 0) is 35.2 Å². The quantitative estimate of drug-likeness (QED) is 0.0349. The topological polar surface area (TPSA) is 370 Å². The number of hydrogen-bond donors (Lipinski definition) is 8. The van der Waals surface area contributed by atoms with Gasteiger partial charge in [0.05, 0.1) is 108 Å². The van der Waals surface area contributed by atoms with Crippen LogP contribution in [0.2, 0.25) is 0 Å². The normalized spacial score (nSPS) is 12.9. The standard InChI is InChI=1S/C19H22N8S.C19H20N8S.C19H20N6.C16H14N6O.C14H18N6/c1-12-7-17(28-25-12)24-18-19-21-9-16(14-8-22-26(2)10-14)27(19)11-15(23-18)13-3-5-20-6-4-13;1-12-16(13-3-5-20-6-4-13)19(28-25-12)24-17-18-22-10-15(27(18)8-7-21-17)14-9-23-26(2)11-14;1-13(2)14-4-6-16(7-5-14)23-18-19-21-11-17(25(19)9-8-20-18)15-10-22-24(3)12-15;1-21-10-11(8-19-21)14-9-18-16-15(17-6-7-22(14)16)20-12-2-4-13(23)5-3-12;1-10(2)6-16-13-14-17-8-12(20(14)5-4-15-13)11-7-18-19(3)9-11/h7-11,13,20H,3-6H2,1-2H3,(H,23,24);3,7-11,20H,4-6H2,1-2H3,(H,21,24);4-13H,1-3H3,(H,20,23);2-10,23H,1H3,(H,17,20);4-5,7-10H,6H2,1-3H3,(H,15,16). The zero-order valence-corrected chi connectivity index (χ0v) is 72.0. The Hall–Kier alpha value is -14.7. The molecule has 0 bridgehead atoms. The van der Waals surface area contributed by atoms with Gasteiger partial charge in [-0.2, -0.15) is 34.2 Å². The molecule has 0 aliphatic carbocycles. The molecule has 0 atom stereocenters. The molecule has 19 heterocycles. The number of phenols is 1. The number of imidazole rings is 5. The SMILES string of the molecule is CC(C)CNc1nccn2c(-c3cnn(C)c3)cnc12.CC(C)c1ccc(Nc2nccn3c(-c4cnn(C)c4)cnc23)cc1.Cc1cc(Nc2nc(C3CCNCC3)cn3c(-c4cnn(C)c4)cnc23)sn1.Cc1nsc(Nc2nccn3c(-c4cnn(C)c4)cnc23)c1C1=CCNCC1.Cn1cc(-c2cnc3c(Nc4ccc(O)cc4)nccn23)cn1. The monoisotopic (exact) mass is 1690 g/mol. The maximum atomic E-state index is 9.36. The van der Waals surface area contributed by atoms with E-state index in [2.05, 4.69) is 192 Å². The molecule has 21 rings (SSSR count). The number of phenolic OH excluding ortho intramolecular Hbond substituents is 1. The third-order valence-electron chi connectivity index (χ3n) is 21.0. The summed E-state index contributed by atoms with van der Waals surface area (Å²) in [5.74, 6) is 5.43. The van der Waals surface area contributed by atoms with Crippen molar-refractivity contribution >= 4 is 107 Å². The van der Waals surface area contributed by atoms with Crippen molar-refractivity contribution in [2.24, 2.45) is 41.2 Å². The molecule has 0 spiro atoms. The average molecular weight is 1700 g/mol. The van der Waals surface area contributed by atoms with Crippen LogP contribution in [0.3, 0.4) is 0 Å². The fraction of sp³-hybridized carbons (Fsp3) is 0.253. The summed E-state index contributed by atoms with van der Waals surface area (Å²) in [6.45, 7) is 17.6. The van der Waals surface area contributed by atoms with Gasteiger partial charge in [-0.1, -0.05) is 45.9 Å². The largest absolute Gasteiger partial charge is 0.508 e. The van der Waals surface area contributed by atoms with Gasteiger partial charge in [0.25, 0.3) is 0 Å². The van der Waals surface area contributed by atoms with Crippen molar-refractivity contribution in [3.05, 3.63) is 238 Å². The number of aromatic nitrogens is 27. The number of piperidine rings is 1. The van der Waals surface area contributed by atoms with Crippen LogP contribution in [0.15, 0.2) is 209 Å². The van der Waals surface area contributed by atoms with Crippen LogP contribution in [0.5, 0.6) is 5.75 Å². The first kappa shape index (κ1) is 81.7. The van der Waals surface area contributed by atoms with E-state index in [1.165, 1.54) is 39.8 Å². The van der Waals surface area contributed by atoms with Gasteiger partial charge in [0.1, 0.15) is 15.8 Å². The Morgan fingerprint density at radius 2 is 0.879 bits per heavy atom. The second-order valence-corrected chi connectivity index (χ2v) is 32.5. The summed E-state index contributed by atoms with van der Waals surface area (Å²) >= 11 is 2.91. The molecule has 2 aromatic carbocycles. The van der Waals surface area contributed by atoms with Crippen LogP contribution < -0.4 is 37.2 Å².